The summed E-state index contributed by atoms with van der Waals surface area (Å²) < 4.78 is 0. The quantitative estimate of drug-likeness (QED) is 0.520. The van der Waals surface area contributed by atoms with Gasteiger partial charge in [0.05, 0.1) is 0 Å². The minimum absolute atomic E-state index is 1.27. The van der Waals surface area contributed by atoms with Crippen molar-refractivity contribution in [2.75, 3.05) is 0 Å². The van der Waals surface area contributed by atoms with Crippen LogP contribution in [0.2, 0.25) is 0 Å². The molecule has 0 radical (unpaired) electrons. The van der Waals surface area contributed by atoms with E-state index in [0.717, 1.165) is 0 Å². The highest BCUT2D eigenvalue weighted by Gasteiger charge is 2.95. The SMILES string of the molecule is C1C[C@@H]2C1C1C3C4C5C6C7C8C9C%10C%11C%12C%13CC[C@@H]%13[C@@H]%12[C@@H]%11[C@@H]%10[C@@H]9[C@@H]8C7[C@@H]6[C@@H]5[C@@H]4[C@@H]3[C@@H]12. The van der Waals surface area contributed by atoms with Crippen molar-refractivity contribution >= 4 is 0 Å². The normalized spacial score (nSPS) is 96.8. The maximum absolute atomic E-state index is 1.65. The van der Waals surface area contributed by atoms with Crippen LogP contribution in [-0.2, 0) is 0 Å². The van der Waals surface area contributed by atoms with Crippen molar-refractivity contribution in [3.63, 3.8) is 0 Å². The third-order valence-corrected chi connectivity index (χ3v) is 18.5. The van der Waals surface area contributed by atoms with Gasteiger partial charge in [-0.25, -0.2) is 0 Å². The highest BCUT2D eigenvalue weighted by atomic mass is 15.0. The molecular weight excluding hydrogens is 360 g/mol. The van der Waals surface area contributed by atoms with Gasteiger partial charge in [-0.2, -0.15) is 0 Å². The Morgan fingerprint density at radius 1 is 0.167 bits per heavy atom. The summed E-state index contributed by atoms with van der Waals surface area (Å²) in [6.07, 6.45) is 6.60. The lowest BCUT2D eigenvalue weighted by Crippen LogP contribution is -2.96. The molecule has 14 rings (SSSR count). The molecule has 30 heavy (non-hydrogen) atoms. The van der Waals surface area contributed by atoms with Crippen LogP contribution >= 0.6 is 0 Å². The monoisotopic (exact) mass is 394 g/mol. The van der Waals surface area contributed by atoms with Crippen LogP contribution in [0.1, 0.15) is 25.7 Å². The molecule has 154 valence electrons. The second-order valence-corrected chi connectivity index (χ2v) is 16.5. The molecule has 0 amide bonds. The lowest BCUT2D eigenvalue weighted by molar-refractivity contribution is -0.526. The van der Waals surface area contributed by atoms with Crippen molar-refractivity contribution in [1.29, 1.82) is 0 Å². The summed E-state index contributed by atoms with van der Waals surface area (Å²) in [4.78, 5) is 0. The molecule has 0 bridgehead atoms. The van der Waals surface area contributed by atoms with Gasteiger partial charge in [0.15, 0.2) is 0 Å². The smallest absolute Gasteiger partial charge is 0.0312 e. The molecule has 0 heterocycles. The van der Waals surface area contributed by atoms with E-state index in [0.29, 0.717) is 0 Å². The van der Waals surface area contributed by atoms with Crippen LogP contribution in [0.3, 0.4) is 0 Å². The number of hydrogen-bond donors (Lipinski definition) is 0. The van der Waals surface area contributed by atoms with Gasteiger partial charge in [-0.3, -0.25) is 0 Å². The maximum Gasteiger partial charge on any atom is -0.0312 e. The molecule has 14 fully saturated rings. The average Bonchev–Trinajstić information content (AvgIpc) is 2.65. The van der Waals surface area contributed by atoms with Gasteiger partial charge in [0.1, 0.15) is 0 Å². The fourth-order valence-corrected chi connectivity index (χ4v) is 18.4. The van der Waals surface area contributed by atoms with Crippen LogP contribution in [0.5, 0.6) is 0 Å². The summed E-state index contributed by atoms with van der Waals surface area (Å²) >= 11 is 0. The van der Waals surface area contributed by atoms with E-state index in [4.69, 9.17) is 0 Å². The first kappa shape index (κ1) is 13.6. The largest absolute Gasteiger partial charge is 0.0496 e. The number of fused-ring (bicyclic) bond motifs is 37. The molecule has 0 N–H and O–H groups in total. The zero-order valence-electron chi connectivity index (χ0n) is 17.8. The molecule has 0 spiro atoms. The van der Waals surface area contributed by atoms with Crippen LogP contribution in [0, 0.1) is 154 Å². The average molecular weight is 395 g/mol. The predicted molar refractivity (Wildman–Crippen MR) is 109 cm³/mol. The number of hydrogen-bond acceptors (Lipinski definition) is 0. The molecule has 0 nitrogen and oxygen atoms in total. The summed E-state index contributed by atoms with van der Waals surface area (Å²) in [7, 11) is 0. The zero-order chi connectivity index (χ0) is 17.8. The fraction of sp³-hybridized carbons (Fsp3) is 1.00. The van der Waals surface area contributed by atoms with Gasteiger partial charge in [0, 0.05) is 0 Å². The van der Waals surface area contributed by atoms with E-state index in [2.05, 4.69) is 0 Å². The topological polar surface area (TPSA) is 0 Å². The van der Waals surface area contributed by atoms with Crippen molar-refractivity contribution in [2.24, 2.45) is 154 Å². The third kappa shape index (κ3) is 0.818. The Hall–Kier alpha value is 0. The molecule has 0 saturated heterocycles. The van der Waals surface area contributed by atoms with Gasteiger partial charge in [-0.15, -0.1) is 0 Å². The zero-order valence-corrected chi connectivity index (χ0v) is 17.8. The first-order valence-corrected chi connectivity index (χ1v) is 15.0. The molecular formula is C30H34. The second kappa shape index (κ2) is 3.38. The molecule has 14 aliphatic rings. The first-order chi connectivity index (χ1) is 15.0. The summed E-state index contributed by atoms with van der Waals surface area (Å²) in [5.74, 6) is 34.1. The molecule has 0 aliphatic heterocycles. The van der Waals surface area contributed by atoms with E-state index in [-0.39, 0.29) is 0 Å². The van der Waals surface area contributed by atoms with Crippen LogP contribution < -0.4 is 0 Å². The van der Waals surface area contributed by atoms with E-state index < -0.39 is 0 Å². The van der Waals surface area contributed by atoms with Gasteiger partial charge >= 0.3 is 0 Å². The van der Waals surface area contributed by atoms with E-state index in [1.807, 2.05) is 0 Å². The molecule has 26 atom stereocenters. The van der Waals surface area contributed by atoms with Crippen molar-refractivity contribution in [2.45, 2.75) is 25.7 Å². The summed E-state index contributed by atoms with van der Waals surface area (Å²) in [6.45, 7) is 0. The van der Waals surface area contributed by atoms with E-state index in [9.17, 15) is 0 Å². The summed E-state index contributed by atoms with van der Waals surface area (Å²) in [5, 5.41) is 0. The third-order valence-electron chi connectivity index (χ3n) is 18.5. The molecule has 0 aromatic carbocycles. The Morgan fingerprint density at radius 3 is 0.433 bits per heavy atom. The van der Waals surface area contributed by atoms with Gasteiger partial charge in [0.2, 0.25) is 0 Å². The van der Waals surface area contributed by atoms with E-state index in [1.54, 1.807) is 25.7 Å². The maximum atomic E-state index is 1.65. The Balaban J connectivity index is 0.789. The molecule has 14 aliphatic carbocycles. The molecule has 14 saturated carbocycles. The predicted octanol–water partition coefficient (Wildman–Crippen LogP) is 4.76. The van der Waals surface area contributed by atoms with E-state index >= 15 is 0 Å². The summed E-state index contributed by atoms with van der Waals surface area (Å²) in [6, 6.07) is 0. The van der Waals surface area contributed by atoms with Gasteiger partial charge < -0.3 is 0 Å². The molecule has 0 aromatic rings. The van der Waals surface area contributed by atoms with Crippen LogP contribution in [0.4, 0.5) is 0 Å². The first-order valence-electron chi connectivity index (χ1n) is 15.0. The lowest BCUT2D eigenvalue weighted by atomic mass is 9.05. The molecule has 0 heteroatoms. The van der Waals surface area contributed by atoms with Crippen molar-refractivity contribution < 1.29 is 0 Å². The Labute approximate surface area is 179 Å². The molecule has 0 aromatic heterocycles. The van der Waals surface area contributed by atoms with Gasteiger partial charge in [-0.1, -0.05) is 0 Å². The molecule has 14 unspecified atom stereocenters. The Morgan fingerprint density at radius 2 is 0.300 bits per heavy atom. The fourth-order valence-electron chi connectivity index (χ4n) is 18.4. The minimum Gasteiger partial charge on any atom is -0.0496 e. The lowest BCUT2D eigenvalue weighted by Gasteiger charge is -2.99. The highest BCUT2D eigenvalue weighted by molar-refractivity contribution is 5.42. The minimum atomic E-state index is 1.27. The highest BCUT2D eigenvalue weighted by Crippen LogP contribution is 2.99. The van der Waals surface area contributed by atoms with Gasteiger partial charge in [0.25, 0.3) is 0 Å². The van der Waals surface area contributed by atoms with Crippen molar-refractivity contribution in [1.82, 2.24) is 0 Å². The Bertz CT molecular complexity index is 881. The van der Waals surface area contributed by atoms with Crippen molar-refractivity contribution in [3.05, 3.63) is 0 Å². The number of rotatable bonds is 0. The summed E-state index contributed by atoms with van der Waals surface area (Å²) in [5.41, 5.74) is 0. The van der Waals surface area contributed by atoms with E-state index in [1.165, 1.54) is 154 Å². The Kier molecular flexibility index (Phi) is 1.54. The van der Waals surface area contributed by atoms with Crippen LogP contribution in [-0.4, -0.2) is 0 Å². The van der Waals surface area contributed by atoms with Crippen LogP contribution in [0.25, 0.3) is 0 Å². The second-order valence-electron chi connectivity index (χ2n) is 16.5. The standard InChI is InChI=1S/C30H34/c1-2-6-5(1)9-10(6)14-13(9)17-18(14)22-21(17)25-26(22)30-28-24-20-16-12-8-4-3-7(8)11(12)15(16)19(20)23(24)27(28)29(25)30/h5-30H,1-4H2/t5-,6?,7+,8?,9-,10?,11+,12?,13-,14?,15+,16?,17-,18?,19+,20?,21-,22?,23+,24?,25-,26?,27+,28?,29?,30?. The van der Waals surface area contributed by atoms with Crippen molar-refractivity contribution in [3.8, 4) is 0 Å². The van der Waals surface area contributed by atoms with Gasteiger partial charge in [-0.05, 0) is 180 Å². The van der Waals surface area contributed by atoms with Crippen LogP contribution in [0.15, 0.2) is 0 Å².